The van der Waals surface area contributed by atoms with E-state index in [1.165, 1.54) is 18.2 Å². The average molecular weight is 424 g/mol. The van der Waals surface area contributed by atoms with Crippen LogP contribution in [-0.2, 0) is 6.42 Å². The first kappa shape index (κ1) is 15.9. The Labute approximate surface area is 138 Å². The topological polar surface area (TPSA) is 50.9 Å². The Kier molecular flexibility index (Phi) is 5.51. The zero-order valence-corrected chi connectivity index (χ0v) is 14.1. The summed E-state index contributed by atoms with van der Waals surface area (Å²) in [6.07, 6.45) is 2.11. The fourth-order valence-electron chi connectivity index (χ4n) is 1.84. The van der Waals surface area contributed by atoms with Gasteiger partial charge in [0.1, 0.15) is 5.82 Å². The van der Waals surface area contributed by atoms with Crippen LogP contribution in [0.3, 0.4) is 0 Å². The molecule has 2 rings (SSSR count). The number of hydrazine groups is 1. The third-order valence-corrected chi connectivity index (χ3v) is 4.24. The van der Waals surface area contributed by atoms with Gasteiger partial charge in [0.2, 0.25) is 0 Å². The molecule has 0 spiro atoms. The summed E-state index contributed by atoms with van der Waals surface area (Å²) in [4.78, 5) is 4.32. The zero-order chi connectivity index (χ0) is 14.7. The van der Waals surface area contributed by atoms with E-state index >= 15 is 0 Å². The maximum atomic E-state index is 13.3. The van der Waals surface area contributed by atoms with Gasteiger partial charge < -0.3 is 0 Å². The molecule has 106 valence electrons. The fourth-order valence-corrected chi connectivity index (χ4v) is 3.29. The summed E-state index contributed by atoms with van der Waals surface area (Å²) in [5.74, 6) is 5.26. The number of pyridine rings is 1. The number of benzene rings is 1. The Morgan fingerprint density at radius 2 is 2.10 bits per heavy atom. The van der Waals surface area contributed by atoms with E-state index in [1.54, 1.807) is 6.20 Å². The molecule has 2 aromatic rings. The Morgan fingerprint density at radius 1 is 1.35 bits per heavy atom. The molecule has 0 bridgehead atoms. The fraction of sp³-hybridized carbons (Fsp3) is 0.154. The minimum Gasteiger partial charge on any atom is -0.271 e. The van der Waals surface area contributed by atoms with Crippen molar-refractivity contribution in [3.63, 3.8) is 0 Å². The summed E-state index contributed by atoms with van der Waals surface area (Å²) in [6, 6.07) is 5.85. The Morgan fingerprint density at radius 3 is 2.75 bits per heavy atom. The monoisotopic (exact) mass is 421 g/mol. The van der Waals surface area contributed by atoms with E-state index in [9.17, 15) is 4.39 Å². The molecule has 1 heterocycles. The van der Waals surface area contributed by atoms with Crippen molar-refractivity contribution in [2.24, 2.45) is 5.84 Å². The molecule has 1 aromatic carbocycles. The number of nitrogens with two attached hydrogens (primary N) is 1. The lowest BCUT2D eigenvalue weighted by Gasteiger charge is -2.17. The molecule has 1 atom stereocenters. The van der Waals surface area contributed by atoms with E-state index in [1.807, 2.05) is 6.07 Å². The molecule has 1 aromatic heterocycles. The lowest BCUT2D eigenvalue weighted by Crippen LogP contribution is -2.30. The van der Waals surface area contributed by atoms with E-state index < -0.39 is 0 Å². The van der Waals surface area contributed by atoms with Crippen LogP contribution in [0.1, 0.15) is 17.3 Å². The summed E-state index contributed by atoms with van der Waals surface area (Å²) in [5, 5.41) is 0.500. The highest BCUT2D eigenvalue weighted by Gasteiger charge is 2.17. The van der Waals surface area contributed by atoms with Crippen LogP contribution in [-0.4, -0.2) is 4.98 Å². The van der Waals surface area contributed by atoms with Gasteiger partial charge in [0.15, 0.2) is 0 Å². The summed E-state index contributed by atoms with van der Waals surface area (Å²) >= 11 is 12.9. The molecular weight excluding hydrogens is 412 g/mol. The molecular formula is C13H11Br2ClFN3. The predicted molar refractivity (Wildman–Crippen MR) is 84.8 cm³/mol. The first-order valence-corrected chi connectivity index (χ1v) is 7.68. The highest BCUT2D eigenvalue weighted by molar-refractivity contribution is 9.11. The van der Waals surface area contributed by atoms with E-state index in [0.717, 1.165) is 14.6 Å². The first-order chi connectivity index (χ1) is 9.51. The smallest absolute Gasteiger partial charge is 0.123 e. The van der Waals surface area contributed by atoms with Crippen LogP contribution in [0, 0.1) is 5.82 Å². The lowest BCUT2D eigenvalue weighted by atomic mass is 10.0. The summed E-state index contributed by atoms with van der Waals surface area (Å²) in [6.45, 7) is 0. The molecule has 0 aliphatic heterocycles. The number of hydrogen-bond acceptors (Lipinski definition) is 3. The van der Waals surface area contributed by atoms with Gasteiger partial charge in [-0.2, -0.15) is 0 Å². The van der Waals surface area contributed by atoms with Crippen molar-refractivity contribution in [1.29, 1.82) is 0 Å². The second-order valence-corrected chi connectivity index (χ2v) is 6.36. The number of nitrogens with one attached hydrogen (secondary N) is 1. The van der Waals surface area contributed by atoms with Crippen molar-refractivity contribution in [2.45, 2.75) is 12.5 Å². The number of aromatic nitrogens is 1. The van der Waals surface area contributed by atoms with Crippen LogP contribution in [0.15, 0.2) is 39.4 Å². The summed E-state index contributed by atoms with van der Waals surface area (Å²) in [5.41, 5.74) is 4.09. The van der Waals surface area contributed by atoms with Crippen LogP contribution in [0.2, 0.25) is 5.02 Å². The van der Waals surface area contributed by atoms with Crippen molar-refractivity contribution in [1.82, 2.24) is 10.4 Å². The quantitative estimate of drug-likeness (QED) is 0.574. The Balaban J connectivity index is 2.31. The van der Waals surface area contributed by atoms with E-state index in [2.05, 4.69) is 42.3 Å². The molecule has 7 heteroatoms. The molecule has 0 aliphatic carbocycles. The maximum absolute atomic E-state index is 13.3. The first-order valence-electron chi connectivity index (χ1n) is 5.72. The summed E-state index contributed by atoms with van der Waals surface area (Å²) < 4.78 is 15.0. The van der Waals surface area contributed by atoms with Gasteiger partial charge in [0, 0.05) is 20.2 Å². The van der Waals surface area contributed by atoms with Gasteiger partial charge in [-0.05, 0) is 68.1 Å². The Bertz CT molecular complexity index is 625. The standard InChI is InChI=1S/C13H11Br2ClFN3/c14-8-5-10(15)13(19-6-8)12(20-18)4-7-3-9(17)1-2-11(7)16/h1-3,5-6,12,20H,4,18H2. The van der Waals surface area contributed by atoms with Gasteiger partial charge in [-0.3, -0.25) is 16.3 Å². The molecule has 3 N–H and O–H groups in total. The Hall–Kier alpha value is -0.530. The SMILES string of the molecule is NNC(Cc1cc(F)ccc1Cl)c1ncc(Br)cc1Br. The number of hydrogen-bond donors (Lipinski definition) is 2. The minimum absolute atomic E-state index is 0.281. The molecule has 0 saturated carbocycles. The lowest BCUT2D eigenvalue weighted by molar-refractivity contribution is 0.533. The molecule has 1 unspecified atom stereocenters. The van der Waals surface area contributed by atoms with Crippen molar-refractivity contribution in [3.05, 3.63) is 61.5 Å². The third kappa shape index (κ3) is 3.77. The van der Waals surface area contributed by atoms with Crippen LogP contribution in [0.5, 0.6) is 0 Å². The molecule has 0 radical (unpaired) electrons. The minimum atomic E-state index is -0.331. The second kappa shape index (κ2) is 6.95. The van der Waals surface area contributed by atoms with Crippen molar-refractivity contribution in [3.8, 4) is 0 Å². The highest BCUT2D eigenvalue weighted by Crippen LogP contribution is 2.28. The predicted octanol–water partition coefficient (Wildman–Crippen LogP) is 4.15. The number of halogens is 4. The van der Waals surface area contributed by atoms with Crippen molar-refractivity contribution < 1.29 is 4.39 Å². The molecule has 0 amide bonds. The summed E-state index contributed by atoms with van der Waals surface area (Å²) in [7, 11) is 0. The average Bonchev–Trinajstić information content (AvgIpc) is 2.40. The van der Waals surface area contributed by atoms with Crippen LogP contribution >= 0.6 is 43.5 Å². The van der Waals surface area contributed by atoms with Gasteiger partial charge in [-0.25, -0.2) is 4.39 Å². The van der Waals surface area contributed by atoms with Crippen LogP contribution < -0.4 is 11.3 Å². The maximum Gasteiger partial charge on any atom is 0.123 e. The highest BCUT2D eigenvalue weighted by atomic mass is 79.9. The van der Waals surface area contributed by atoms with Gasteiger partial charge in [-0.15, -0.1) is 0 Å². The largest absolute Gasteiger partial charge is 0.271 e. The normalized spacial score (nSPS) is 12.4. The van der Waals surface area contributed by atoms with Gasteiger partial charge in [-0.1, -0.05) is 11.6 Å². The van der Waals surface area contributed by atoms with Crippen LogP contribution in [0.25, 0.3) is 0 Å². The molecule has 0 fully saturated rings. The van der Waals surface area contributed by atoms with E-state index in [4.69, 9.17) is 17.4 Å². The van der Waals surface area contributed by atoms with Gasteiger partial charge in [0.05, 0.1) is 11.7 Å². The van der Waals surface area contributed by atoms with Crippen LogP contribution in [0.4, 0.5) is 4.39 Å². The number of rotatable bonds is 4. The second-order valence-electron chi connectivity index (χ2n) is 4.18. The molecule has 20 heavy (non-hydrogen) atoms. The van der Waals surface area contributed by atoms with Crippen molar-refractivity contribution >= 4 is 43.5 Å². The zero-order valence-electron chi connectivity index (χ0n) is 10.2. The number of nitrogens with zero attached hydrogens (tertiary/aromatic N) is 1. The third-order valence-electron chi connectivity index (χ3n) is 2.80. The molecule has 0 aliphatic rings. The van der Waals surface area contributed by atoms with E-state index in [-0.39, 0.29) is 11.9 Å². The van der Waals surface area contributed by atoms with Gasteiger partial charge >= 0.3 is 0 Å². The molecule has 0 saturated heterocycles. The van der Waals surface area contributed by atoms with Gasteiger partial charge in [0.25, 0.3) is 0 Å². The molecule has 3 nitrogen and oxygen atoms in total. The van der Waals surface area contributed by atoms with Crippen molar-refractivity contribution in [2.75, 3.05) is 0 Å². The van der Waals surface area contributed by atoms with E-state index in [0.29, 0.717) is 17.0 Å².